The number of aromatic hydroxyl groups is 1. The molecule has 14 heteroatoms. The largest absolute Gasteiger partial charge is 0.508 e. The molecule has 2 aromatic carbocycles. The molecule has 0 bridgehead atoms. The van der Waals surface area contributed by atoms with E-state index >= 15 is 0 Å². The summed E-state index contributed by atoms with van der Waals surface area (Å²) in [7, 11) is 0. The fourth-order valence-corrected chi connectivity index (χ4v) is 7.35. The Labute approximate surface area is 295 Å². The number of hydrogen-bond donors (Lipinski definition) is 2. The van der Waals surface area contributed by atoms with Crippen LogP contribution in [0, 0.1) is 11.6 Å². The van der Waals surface area contributed by atoms with Gasteiger partial charge in [-0.2, -0.15) is 0 Å². The van der Waals surface area contributed by atoms with Crippen molar-refractivity contribution in [2.24, 2.45) is 0 Å². The Balaban J connectivity index is 1.10. The lowest BCUT2D eigenvalue weighted by Gasteiger charge is -2.30. The molecule has 12 nitrogen and oxygen atoms in total. The monoisotopic (exact) mass is 707 g/mol. The van der Waals surface area contributed by atoms with Gasteiger partial charge < -0.3 is 19.6 Å². The molecule has 2 N–H and O–H groups in total. The van der Waals surface area contributed by atoms with Crippen molar-refractivity contribution in [3.63, 3.8) is 0 Å². The number of carbonyl (C=O) groups is 1. The van der Waals surface area contributed by atoms with Crippen LogP contribution in [-0.2, 0) is 11.3 Å². The van der Waals surface area contributed by atoms with E-state index in [1.165, 1.54) is 38.1 Å². The fraction of sp³-hybridized carbons (Fsp3) is 0.289. The maximum absolute atomic E-state index is 14.6. The summed E-state index contributed by atoms with van der Waals surface area (Å²) < 4.78 is 37.7. The van der Waals surface area contributed by atoms with Gasteiger partial charge in [-0.3, -0.25) is 19.1 Å². The Morgan fingerprint density at radius 1 is 0.942 bits per heavy atom. The minimum Gasteiger partial charge on any atom is -0.508 e. The number of carbonyl (C=O) groups excluding carboxylic acids is 1. The van der Waals surface area contributed by atoms with Gasteiger partial charge in [-0.25, -0.2) is 28.1 Å². The van der Waals surface area contributed by atoms with Gasteiger partial charge >= 0.3 is 5.69 Å². The minimum atomic E-state index is -0.701. The van der Waals surface area contributed by atoms with E-state index < -0.39 is 34.8 Å². The van der Waals surface area contributed by atoms with Crippen molar-refractivity contribution >= 4 is 22.6 Å². The summed E-state index contributed by atoms with van der Waals surface area (Å²) in [5.41, 5.74) is 2.40. The molecule has 2 fully saturated rings. The van der Waals surface area contributed by atoms with Crippen molar-refractivity contribution in [1.29, 1.82) is 0 Å². The summed E-state index contributed by atoms with van der Waals surface area (Å²) in [6, 6.07) is 15.6. The number of amides is 1. The van der Waals surface area contributed by atoms with Crippen LogP contribution in [0.5, 0.6) is 5.75 Å². The maximum Gasteiger partial charge on any atom is 0.337 e. The van der Waals surface area contributed by atoms with Gasteiger partial charge in [0.1, 0.15) is 28.7 Å². The van der Waals surface area contributed by atoms with Crippen molar-refractivity contribution in [3.8, 4) is 22.6 Å². The highest BCUT2D eigenvalue weighted by molar-refractivity contribution is 5.93. The number of morpholine rings is 1. The number of aromatic nitrogens is 5. The van der Waals surface area contributed by atoms with Gasteiger partial charge in [0.15, 0.2) is 5.65 Å². The Morgan fingerprint density at radius 2 is 1.75 bits per heavy atom. The van der Waals surface area contributed by atoms with E-state index in [1.807, 2.05) is 18.2 Å². The average Bonchev–Trinajstić information content (AvgIpc) is 3.57. The molecule has 8 rings (SSSR count). The van der Waals surface area contributed by atoms with Gasteiger partial charge in [0, 0.05) is 44.1 Å². The van der Waals surface area contributed by atoms with E-state index in [2.05, 4.69) is 20.2 Å². The molecular formula is C38H35F2N7O5. The first kappa shape index (κ1) is 33.4. The standard InChI is InChI=1S/C38H35F2N7O5/c39-25-4-11-34-43-33(22-45(34)21-25)36(49)42-27-5-7-28(8-6-27)47-37(50)32-18-26(40)19-41-35(32)46(38(47)51)29-3-1-2-23(16-29)31-10-9-30(48)17-24(31)20-44-12-14-52-15-13-44/h1-4,9-11,16-19,21-22,27-28,48H,5-8,12-15,20H2,(H,42,49). The van der Waals surface area contributed by atoms with Crippen LogP contribution in [0.3, 0.4) is 0 Å². The third-order valence-corrected chi connectivity index (χ3v) is 9.94. The molecule has 6 aromatic rings. The first-order chi connectivity index (χ1) is 25.2. The van der Waals surface area contributed by atoms with Crippen molar-refractivity contribution < 1.29 is 23.4 Å². The van der Waals surface area contributed by atoms with Gasteiger partial charge in [0.2, 0.25) is 0 Å². The zero-order chi connectivity index (χ0) is 35.9. The van der Waals surface area contributed by atoms with Crippen molar-refractivity contribution in [2.45, 2.75) is 44.3 Å². The summed E-state index contributed by atoms with van der Waals surface area (Å²) >= 11 is 0. The predicted molar refractivity (Wildman–Crippen MR) is 189 cm³/mol. The molecule has 4 aromatic heterocycles. The lowest BCUT2D eigenvalue weighted by molar-refractivity contribution is 0.0342. The third kappa shape index (κ3) is 6.46. The van der Waals surface area contributed by atoms with Crippen LogP contribution in [0.25, 0.3) is 33.5 Å². The number of rotatable bonds is 7. The molecule has 0 atom stereocenters. The van der Waals surface area contributed by atoms with E-state index in [0.717, 1.165) is 42.0 Å². The normalized spacial score (nSPS) is 18.2. The number of fused-ring (bicyclic) bond motifs is 2. The van der Waals surface area contributed by atoms with Gasteiger partial charge in [0.25, 0.3) is 11.5 Å². The smallest absolute Gasteiger partial charge is 0.337 e. The van der Waals surface area contributed by atoms with Gasteiger partial charge in [-0.1, -0.05) is 18.2 Å². The quantitative estimate of drug-likeness (QED) is 0.246. The van der Waals surface area contributed by atoms with E-state index in [-0.39, 0.29) is 28.5 Å². The number of pyridine rings is 2. The molecule has 0 spiro atoms. The highest BCUT2D eigenvalue weighted by Crippen LogP contribution is 2.31. The molecule has 1 aliphatic carbocycles. The zero-order valence-corrected chi connectivity index (χ0v) is 28.0. The summed E-state index contributed by atoms with van der Waals surface area (Å²) in [6.07, 6.45) is 5.46. The second-order valence-corrected chi connectivity index (χ2v) is 13.3. The summed E-state index contributed by atoms with van der Waals surface area (Å²) in [5.74, 6) is -1.41. The summed E-state index contributed by atoms with van der Waals surface area (Å²) in [6.45, 7) is 3.38. The number of ether oxygens (including phenoxy) is 1. The number of nitrogens with one attached hydrogen (secondary N) is 1. The zero-order valence-electron chi connectivity index (χ0n) is 28.0. The van der Waals surface area contributed by atoms with Crippen LogP contribution < -0.4 is 16.6 Å². The Morgan fingerprint density at radius 3 is 2.56 bits per heavy atom. The molecule has 5 heterocycles. The fourth-order valence-electron chi connectivity index (χ4n) is 7.35. The highest BCUT2D eigenvalue weighted by Gasteiger charge is 2.29. The van der Waals surface area contributed by atoms with Gasteiger partial charge in [-0.05, 0) is 84.8 Å². The molecule has 1 aliphatic heterocycles. The van der Waals surface area contributed by atoms with E-state index in [4.69, 9.17) is 4.74 Å². The van der Waals surface area contributed by atoms with E-state index in [0.29, 0.717) is 56.8 Å². The molecule has 2 aliphatic rings. The molecule has 1 saturated carbocycles. The molecule has 0 radical (unpaired) electrons. The number of halogens is 2. The molecule has 52 heavy (non-hydrogen) atoms. The van der Waals surface area contributed by atoms with E-state index in [1.54, 1.807) is 24.3 Å². The first-order valence-corrected chi connectivity index (χ1v) is 17.2. The predicted octanol–water partition coefficient (Wildman–Crippen LogP) is 4.59. The second kappa shape index (κ2) is 13.8. The number of phenolic OH excluding ortho intramolecular Hbond substituents is 1. The van der Waals surface area contributed by atoms with Crippen LogP contribution >= 0.6 is 0 Å². The maximum atomic E-state index is 14.6. The number of phenols is 1. The lowest BCUT2D eigenvalue weighted by Crippen LogP contribution is -2.45. The van der Waals surface area contributed by atoms with Crippen molar-refractivity contribution in [1.82, 2.24) is 33.7 Å². The van der Waals surface area contributed by atoms with Gasteiger partial charge in [-0.15, -0.1) is 0 Å². The van der Waals surface area contributed by atoms with Crippen LogP contribution in [-0.4, -0.2) is 71.8 Å². The number of hydrogen-bond acceptors (Lipinski definition) is 8. The molecule has 266 valence electrons. The third-order valence-electron chi connectivity index (χ3n) is 9.94. The second-order valence-electron chi connectivity index (χ2n) is 13.3. The SMILES string of the molecule is O=C(NC1CCC(n2c(=O)c3cc(F)cnc3n(-c3cccc(-c4ccc(O)cc4CN4CCOCC4)c3)c2=O)CC1)c1cn2cc(F)ccc2n1. The van der Waals surface area contributed by atoms with Crippen LogP contribution in [0.1, 0.15) is 47.8 Å². The average molecular weight is 708 g/mol. The number of imidazole rings is 1. The molecule has 1 amide bonds. The summed E-state index contributed by atoms with van der Waals surface area (Å²) in [4.78, 5) is 52.1. The molecule has 0 unspecified atom stereocenters. The minimum absolute atomic E-state index is 0.0265. The highest BCUT2D eigenvalue weighted by atomic mass is 19.1. The number of nitrogens with zero attached hydrogens (tertiary/aromatic N) is 6. The topological polar surface area (TPSA) is 136 Å². The van der Waals surface area contributed by atoms with Crippen LogP contribution in [0.2, 0.25) is 0 Å². The van der Waals surface area contributed by atoms with E-state index in [9.17, 15) is 28.3 Å². The van der Waals surface area contributed by atoms with Crippen LogP contribution in [0.4, 0.5) is 8.78 Å². The Hall–Kier alpha value is -5.73. The van der Waals surface area contributed by atoms with Crippen molar-refractivity contribution in [2.75, 3.05) is 26.3 Å². The van der Waals surface area contributed by atoms with Gasteiger partial charge in [0.05, 0.1) is 30.5 Å². The Kier molecular flexibility index (Phi) is 8.85. The molecular weight excluding hydrogens is 672 g/mol. The Bertz CT molecular complexity index is 2450. The summed E-state index contributed by atoms with van der Waals surface area (Å²) in [5, 5.41) is 13.3. The van der Waals surface area contributed by atoms with Crippen molar-refractivity contribution in [3.05, 3.63) is 123 Å². The van der Waals surface area contributed by atoms with Crippen LogP contribution in [0.15, 0.2) is 88.8 Å². The molecule has 1 saturated heterocycles. The first-order valence-electron chi connectivity index (χ1n) is 17.2. The lowest BCUT2D eigenvalue weighted by atomic mass is 9.90. The number of benzene rings is 2.